The van der Waals surface area contributed by atoms with Crippen molar-refractivity contribution in [3.05, 3.63) is 53.9 Å². The lowest BCUT2D eigenvalue weighted by atomic mass is 10.0. The molecule has 0 saturated carbocycles. The van der Waals surface area contributed by atoms with Crippen molar-refractivity contribution < 1.29 is 13.9 Å². The Morgan fingerprint density at radius 2 is 2.00 bits per heavy atom. The predicted octanol–water partition coefficient (Wildman–Crippen LogP) is 1.86. The molecule has 0 aliphatic carbocycles. The van der Waals surface area contributed by atoms with Gasteiger partial charge >= 0.3 is 0 Å². The van der Waals surface area contributed by atoms with Crippen LogP contribution < -0.4 is 4.74 Å². The molecular weight excluding hydrogens is 223 g/mol. The highest BCUT2D eigenvalue weighted by Crippen LogP contribution is 2.22. The molecule has 0 unspecified atom stereocenters. The van der Waals surface area contributed by atoms with Crippen LogP contribution in [0.1, 0.15) is 15.9 Å². The SMILES string of the molecule is COc1ccc(F)cc1C(=O)c1cncnc1. The first kappa shape index (κ1) is 11.2. The molecule has 86 valence electrons. The first-order chi connectivity index (χ1) is 8.22. The summed E-state index contributed by atoms with van der Waals surface area (Å²) in [5.41, 5.74) is 0.443. The number of carbonyl (C=O) groups excluding carboxylic acids is 1. The van der Waals surface area contributed by atoms with E-state index in [-0.39, 0.29) is 16.9 Å². The molecule has 0 radical (unpaired) electrons. The van der Waals surface area contributed by atoms with Crippen molar-refractivity contribution in [3.63, 3.8) is 0 Å². The molecule has 0 atom stereocenters. The normalized spacial score (nSPS) is 10.0. The molecule has 0 amide bonds. The van der Waals surface area contributed by atoms with E-state index in [1.165, 1.54) is 38.0 Å². The zero-order valence-corrected chi connectivity index (χ0v) is 9.05. The molecule has 2 aromatic rings. The Balaban J connectivity index is 2.47. The van der Waals surface area contributed by atoms with E-state index in [0.29, 0.717) is 5.75 Å². The molecule has 1 aromatic heterocycles. The maximum Gasteiger partial charge on any atom is 0.199 e. The van der Waals surface area contributed by atoms with E-state index in [1.807, 2.05) is 0 Å². The van der Waals surface area contributed by atoms with Crippen molar-refractivity contribution in [2.24, 2.45) is 0 Å². The Bertz CT molecular complexity index is 543. The third kappa shape index (κ3) is 2.28. The van der Waals surface area contributed by atoms with Gasteiger partial charge in [-0.25, -0.2) is 14.4 Å². The van der Waals surface area contributed by atoms with Crippen LogP contribution in [0.5, 0.6) is 5.75 Å². The van der Waals surface area contributed by atoms with E-state index in [1.54, 1.807) is 0 Å². The number of nitrogens with zero attached hydrogens (tertiary/aromatic N) is 2. The summed E-state index contributed by atoms with van der Waals surface area (Å²) in [6, 6.07) is 3.78. The molecule has 0 saturated heterocycles. The van der Waals surface area contributed by atoms with E-state index in [2.05, 4.69) is 9.97 Å². The fourth-order valence-electron chi connectivity index (χ4n) is 1.43. The van der Waals surface area contributed by atoms with Crippen LogP contribution in [-0.2, 0) is 0 Å². The first-order valence-electron chi connectivity index (χ1n) is 4.85. The number of hydrogen-bond donors (Lipinski definition) is 0. The second kappa shape index (κ2) is 4.69. The van der Waals surface area contributed by atoms with E-state index in [9.17, 15) is 9.18 Å². The molecule has 0 fully saturated rings. The van der Waals surface area contributed by atoms with Crippen LogP contribution >= 0.6 is 0 Å². The van der Waals surface area contributed by atoms with Gasteiger partial charge in [-0.1, -0.05) is 0 Å². The molecule has 1 heterocycles. The van der Waals surface area contributed by atoms with Gasteiger partial charge in [0.25, 0.3) is 0 Å². The second-order valence-corrected chi connectivity index (χ2v) is 3.30. The van der Waals surface area contributed by atoms with Crippen molar-refractivity contribution >= 4 is 5.78 Å². The summed E-state index contributed by atoms with van der Waals surface area (Å²) >= 11 is 0. The van der Waals surface area contributed by atoms with Crippen LogP contribution in [0.25, 0.3) is 0 Å². The van der Waals surface area contributed by atoms with Gasteiger partial charge in [-0.15, -0.1) is 0 Å². The minimum absolute atomic E-state index is 0.155. The number of methoxy groups -OCH3 is 1. The van der Waals surface area contributed by atoms with Gasteiger partial charge in [-0.2, -0.15) is 0 Å². The summed E-state index contributed by atoms with van der Waals surface area (Å²) in [5, 5.41) is 0. The van der Waals surface area contributed by atoms with Crippen molar-refractivity contribution in [2.45, 2.75) is 0 Å². The minimum atomic E-state index is -0.494. The van der Waals surface area contributed by atoms with Gasteiger partial charge in [0.1, 0.15) is 17.9 Å². The number of ketones is 1. The van der Waals surface area contributed by atoms with Crippen LogP contribution in [0.15, 0.2) is 36.9 Å². The van der Waals surface area contributed by atoms with Crippen molar-refractivity contribution in [1.82, 2.24) is 9.97 Å². The van der Waals surface area contributed by atoms with Gasteiger partial charge in [-0.3, -0.25) is 4.79 Å². The molecule has 0 aliphatic rings. The standard InChI is InChI=1S/C12H9FN2O2/c1-17-11-3-2-9(13)4-10(11)12(16)8-5-14-7-15-6-8/h2-7H,1H3. The Hall–Kier alpha value is -2.30. The molecule has 0 bridgehead atoms. The fourth-order valence-corrected chi connectivity index (χ4v) is 1.43. The number of carbonyl (C=O) groups is 1. The van der Waals surface area contributed by atoms with Gasteiger partial charge in [0.05, 0.1) is 18.2 Å². The van der Waals surface area contributed by atoms with E-state index in [0.717, 1.165) is 6.07 Å². The Morgan fingerprint density at radius 3 is 2.65 bits per heavy atom. The first-order valence-corrected chi connectivity index (χ1v) is 4.85. The number of ether oxygens (including phenoxy) is 1. The van der Waals surface area contributed by atoms with Crippen LogP contribution in [0.4, 0.5) is 4.39 Å². The maximum atomic E-state index is 13.1. The van der Waals surface area contributed by atoms with Crippen LogP contribution in [0, 0.1) is 5.82 Å². The average Bonchev–Trinajstić information content (AvgIpc) is 2.39. The Morgan fingerprint density at radius 1 is 1.29 bits per heavy atom. The molecule has 5 heteroatoms. The summed E-state index contributed by atoms with van der Waals surface area (Å²) in [6.07, 6.45) is 4.07. The number of aromatic nitrogens is 2. The minimum Gasteiger partial charge on any atom is -0.496 e. The lowest BCUT2D eigenvalue weighted by Gasteiger charge is -2.06. The van der Waals surface area contributed by atoms with Gasteiger partial charge in [0.15, 0.2) is 5.78 Å². The van der Waals surface area contributed by atoms with Gasteiger partial charge in [0.2, 0.25) is 0 Å². The molecular formula is C12H9FN2O2. The highest BCUT2D eigenvalue weighted by atomic mass is 19.1. The molecule has 2 rings (SSSR count). The van der Waals surface area contributed by atoms with E-state index >= 15 is 0 Å². The highest BCUT2D eigenvalue weighted by molar-refractivity contribution is 6.10. The molecule has 4 nitrogen and oxygen atoms in total. The lowest BCUT2D eigenvalue weighted by Crippen LogP contribution is -2.05. The number of hydrogen-bond acceptors (Lipinski definition) is 4. The third-order valence-corrected chi connectivity index (χ3v) is 2.23. The predicted molar refractivity (Wildman–Crippen MR) is 58.4 cm³/mol. The Labute approximate surface area is 97.1 Å². The molecule has 0 aliphatic heterocycles. The van der Waals surface area contributed by atoms with Crippen molar-refractivity contribution in [3.8, 4) is 5.75 Å². The van der Waals surface area contributed by atoms with E-state index < -0.39 is 5.82 Å². The largest absolute Gasteiger partial charge is 0.496 e. The Kier molecular flexibility index (Phi) is 3.09. The quantitative estimate of drug-likeness (QED) is 0.758. The molecule has 0 spiro atoms. The van der Waals surface area contributed by atoms with Crippen molar-refractivity contribution in [1.29, 1.82) is 0 Å². The van der Waals surface area contributed by atoms with E-state index in [4.69, 9.17) is 4.74 Å². The fraction of sp³-hybridized carbons (Fsp3) is 0.0833. The number of halogens is 1. The highest BCUT2D eigenvalue weighted by Gasteiger charge is 2.15. The topological polar surface area (TPSA) is 52.1 Å². The van der Waals surface area contributed by atoms with Crippen LogP contribution in [0.3, 0.4) is 0 Å². The van der Waals surface area contributed by atoms with Crippen LogP contribution in [0.2, 0.25) is 0 Å². The van der Waals surface area contributed by atoms with Gasteiger partial charge in [-0.05, 0) is 18.2 Å². The smallest absolute Gasteiger partial charge is 0.199 e. The lowest BCUT2D eigenvalue weighted by molar-refractivity contribution is 0.103. The summed E-state index contributed by atoms with van der Waals surface area (Å²) in [5.74, 6) is -0.548. The molecule has 1 aromatic carbocycles. The molecule has 17 heavy (non-hydrogen) atoms. The van der Waals surface area contributed by atoms with Crippen molar-refractivity contribution in [2.75, 3.05) is 7.11 Å². The second-order valence-electron chi connectivity index (χ2n) is 3.30. The molecule has 0 N–H and O–H groups in total. The van der Waals surface area contributed by atoms with Crippen LogP contribution in [-0.4, -0.2) is 22.9 Å². The van der Waals surface area contributed by atoms with Gasteiger partial charge in [0, 0.05) is 12.4 Å². The maximum absolute atomic E-state index is 13.1. The summed E-state index contributed by atoms with van der Waals surface area (Å²) in [7, 11) is 1.42. The zero-order chi connectivity index (χ0) is 12.3. The monoisotopic (exact) mass is 232 g/mol. The summed E-state index contributed by atoms with van der Waals surface area (Å²) in [6.45, 7) is 0. The summed E-state index contributed by atoms with van der Waals surface area (Å²) in [4.78, 5) is 19.5. The number of rotatable bonds is 3. The summed E-state index contributed by atoms with van der Waals surface area (Å²) < 4.78 is 18.1. The average molecular weight is 232 g/mol. The zero-order valence-electron chi connectivity index (χ0n) is 9.05. The third-order valence-electron chi connectivity index (χ3n) is 2.23. The van der Waals surface area contributed by atoms with Gasteiger partial charge < -0.3 is 4.74 Å². The number of benzene rings is 1.